The maximum absolute atomic E-state index is 13.1. The Morgan fingerprint density at radius 3 is 2.23 bits per heavy atom. The molecule has 3 aliphatic rings. The first-order valence-electron chi connectivity index (χ1n) is 12.4. The SMILES string of the molecule is O=C(Nc1cccc(-c2ccc(C(=O)N3CCN(C(=O)C4(O)CC4)CC3)c(Cl)c2)c1)C1CCCC1. The molecule has 7 nitrogen and oxygen atoms in total. The Hall–Kier alpha value is -2.90. The largest absolute Gasteiger partial charge is 0.380 e. The average Bonchev–Trinajstić information content (AvgIpc) is 3.38. The summed E-state index contributed by atoms with van der Waals surface area (Å²) in [6.45, 7) is 1.62. The molecular weight excluding hydrogens is 466 g/mol. The van der Waals surface area contributed by atoms with Crippen molar-refractivity contribution in [2.75, 3.05) is 31.5 Å². The molecule has 1 saturated heterocycles. The Morgan fingerprint density at radius 2 is 1.57 bits per heavy atom. The second kappa shape index (κ2) is 9.63. The molecular formula is C27H30ClN3O4. The molecule has 1 heterocycles. The minimum Gasteiger partial charge on any atom is -0.380 e. The van der Waals surface area contributed by atoms with Gasteiger partial charge in [-0.05, 0) is 61.1 Å². The van der Waals surface area contributed by atoms with Gasteiger partial charge >= 0.3 is 0 Å². The smallest absolute Gasteiger partial charge is 0.255 e. The number of nitrogens with one attached hydrogen (secondary N) is 1. The van der Waals surface area contributed by atoms with E-state index in [0.717, 1.165) is 42.5 Å². The molecule has 184 valence electrons. The second-order valence-electron chi connectivity index (χ2n) is 9.86. The van der Waals surface area contributed by atoms with Gasteiger partial charge in [-0.2, -0.15) is 0 Å². The van der Waals surface area contributed by atoms with Crippen molar-refractivity contribution in [1.82, 2.24) is 9.80 Å². The van der Waals surface area contributed by atoms with E-state index >= 15 is 0 Å². The average molecular weight is 496 g/mol. The van der Waals surface area contributed by atoms with Gasteiger partial charge < -0.3 is 20.2 Å². The van der Waals surface area contributed by atoms with E-state index in [4.69, 9.17) is 11.6 Å². The van der Waals surface area contributed by atoms with Gasteiger partial charge in [0.25, 0.3) is 11.8 Å². The summed E-state index contributed by atoms with van der Waals surface area (Å²) in [7, 11) is 0. The predicted octanol–water partition coefficient (Wildman–Crippen LogP) is 3.95. The molecule has 8 heteroatoms. The zero-order valence-electron chi connectivity index (χ0n) is 19.6. The van der Waals surface area contributed by atoms with Crippen molar-refractivity contribution in [3.63, 3.8) is 0 Å². The number of hydrogen-bond donors (Lipinski definition) is 2. The summed E-state index contributed by atoms with van der Waals surface area (Å²) in [5.74, 6) is -0.228. The van der Waals surface area contributed by atoms with Crippen LogP contribution >= 0.6 is 11.6 Å². The lowest BCUT2D eigenvalue weighted by atomic mass is 10.0. The molecule has 1 aliphatic heterocycles. The Kier molecular flexibility index (Phi) is 6.55. The van der Waals surface area contributed by atoms with Crippen LogP contribution in [0.4, 0.5) is 5.69 Å². The molecule has 35 heavy (non-hydrogen) atoms. The first-order valence-corrected chi connectivity index (χ1v) is 12.7. The molecule has 3 fully saturated rings. The van der Waals surface area contributed by atoms with Crippen molar-refractivity contribution < 1.29 is 19.5 Å². The number of nitrogens with zero attached hydrogens (tertiary/aromatic N) is 2. The number of piperazine rings is 1. The highest BCUT2D eigenvalue weighted by Crippen LogP contribution is 2.37. The number of carbonyl (C=O) groups excluding carboxylic acids is 3. The molecule has 0 bridgehead atoms. The maximum Gasteiger partial charge on any atom is 0.255 e. The van der Waals surface area contributed by atoms with Crippen molar-refractivity contribution in [2.24, 2.45) is 5.92 Å². The fraction of sp³-hybridized carbons (Fsp3) is 0.444. The van der Waals surface area contributed by atoms with Crippen LogP contribution in [0.5, 0.6) is 0 Å². The molecule has 5 rings (SSSR count). The summed E-state index contributed by atoms with van der Waals surface area (Å²) in [6.07, 6.45) is 5.15. The minimum absolute atomic E-state index is 0.0757. The zero-order chi connectivity index (χ0) is 24.6. The van der Waals surface area contributed by atoms with Crippen molar-refractivity contribution in [3.05, 3.63) is 53.1 Å². The minimum atomic E-state index is -1.18. The number of anilines is 1. The first kappa shape index (κ1) is 23.8. The Morgan fingerprint density at radius 1 is 0.914 bits per heavy atom. The van der Waals surface area contributed by atoms with Crippen LogP contribution < -0.4 is 5.32 Å². The predicted molar refractivity (Wildman–Crippen MR) is 134 cm³/mol. The van der Waals surface area contributed by atoms with Crippen LogP contribution in [-0.2, 0) is 9.59 Å². The highest BCUT2D eigenvalue weighted by atomic mass is 35.5. The molecule has 0 spiro atoms. The number of halogens is 1. The third-order valence-corrected chi connectivity index (χ3v) is 7.68. The van der Waals surface area contributed by atoms with E-state index in [2.05, 4.69) is 5.32 Å². The molecule has 2 aliphatic carbocycles. The summed E-state index contributed by atoms with van der Waals surface area (Å²) in [4.78, 5) is 41.3. The fourth-order valence-electron chi connectivity index (χ4n) is 4.99. The van der Waals surface area contributed by atoms with Gasteiger partial charge in [-0.3, -0.25) is 14.4 Å². The molecule has 0 unspecified atom stereocenters. The van der Waals surface area contributed by atoms with Gasteiger partial charge in [0, 0.05) is 37.8 Å². The number of aliphatic hydroxyl groups is 1. The van der Waals surface area contributed by atoms with Gasteiger partial charge in [0.2, 0.25) is 5.91 Å². The molecule has 3 amide bonds. The molecule has 2 aromatic carbocycles. The molecule has 2 saturated carbocycles. The molecule has 2 aromatic rings. The van der Waals surface area contributed by atoms with E-state index in [0.29, 0.717) is 49.6 Å². The van der Waals surface area contributed by atoms with Crippen LogP contribution in [0.25, 0.3) is 11.1 Å². The van der Waals surface area contributed by atoms with Crippen LogP contribution in [0.3, 0.4) is 0 Å². The van der Waals surface area contributed by atoms with Crippen LogP contribution in [0.1, 0.15) is 48.9 Å². The number of hydrogen-bond acceptors (Lipinski definition) is 4. The molecule has 0 atom stereocenters. The summed E-state index contributed by atoms with van der Waals surface area (Å²) in [5, 5.41) is 13.4. The fourth-order valence-corrected chi connectivity index (χ4v) is 5.25. The van der Waals surface area contributed by atoms with E-state index in [1.807, 2.05) is 30.3 Å². The highest BCUT2D eigenvalue weighted by Gasteiger charge is 2.50. The zero-order valence-corrected chi connectivity index (χ0v) is 20.4. The van der Waals surface area contributed by atoms with Crippen LogP contribution in [0.2, 0.25) is 5.02 Å². The summed E-state index contributed by atoms with van der Waals surface area (Å²) in [6, 6.07) is 13.0. The summed E-state index contributed by atoms with van der Waals surface area (Å²) in [5.41, 5.74) is 1.75. The van der Waals surface area contributed by atoms with Crippen molar-refractivity contribution in [2.45, 2.75) is 44.1 Å². The van der Waals surface area contributed by atoms with Crippen molar-refractivity contribution >= 4 is 35.0 Å². The summed E-state index contributed by atoms with van der Waals surface area (Å²) < 4.78 is 0. The normalized spacial score (nSPS) is 19.5. The van der Waals surface area contributed by atoms with E-state index in [9.17, 15) is 19.5 Å². The summed E-state index contributed by atoms with van der Waals surface area (Å²) >= 11 is 6.54. The third kappa shape index (κ3) is 5.07. The second-order valence-corrected chi connectivity index (χ2v) is 10.3. The van der Waals surface area contributed by atoms with E-state index in [1.54, 1.807) is 21.9 Å². The van der Waals surface area contributed by atoms with E-state index < -0.39 is 5.60 Å². The van der Waals surface area contributed by atoms with E-state index in [-0.39, 0.29) is 23.6 Å². The molecule has 2 N–H and O–H groups in total. The van der Waals surface area contributed by atoms with Gasteiger partial charge in [-0.15, -0.1) is 0 Å². The quantitative estimate of drug-likeness (QED) is 0.657. The van der Waals surface area contributed by atoms with E-state index in [1.165, 1.54) is 0 Å². The standard InChI is InChI=1S/C27H30ClN3O4/c28-23-17-20(19-6-3-7-21(16-19)29-24(32)18-4-1-2-5-18)8-9-22(23)25(33)30-12-14-31(15-13-30)26(34)27(35)10-11-27/h3,6-9,16-18,35H,1-2,4-5,10-15H2,(H,29,32). The van der Waals surface area contributed by atoms with Crippen LogP contribution in [-0.4, -0.2) is 64.4 Å². The Labute approximate surface area is 210 Å². The number of benzene rings is 2. The lowest BCUT2D eigenvalue weighted by molar-refractivity contribution is -0.143. The number of rotatable bonds is 5. The molecule has 0 aromatic heterocycles. The maximum atomic E-state index is 13.1. The number of carbonyl (C=O) groups is 3. The van der Waals surface area contributed by atoms with Crippen molar-refractivity contribution in [3.8, 4) is 11.1 Å². The molecule has 0 radical (unpaired) electrons. The van der Waals surface area contributed by atoms with Gasteiger partial charge in [0.1, 0.15) is 5.60 Å². The van der Waals surface area contributed by atoms with Gasteiger partial charge in [-0.1, -0.05) is 42.6 Å². The monoisotopic (exact) mass is 495 g/mol. The van der Waals surface area contributed by atoms with Crippen molar-refractivity contribution in [1.29, 1.82) is 0 Å². The van der Waals surface area contributed by atoms with Gasteiger partial charge in [0.05, 0.1) is 10.6 Å². The first-order chi connectivity index (χ1) is 16.8. The lowest BCUT2D eigenvalue weighted by Crippen LogP contribution is -2.53. The van der Waals surface area contributed by atoms with Crippen LogP contribution in [0, 0.1) is 5.92 Å². The van der Waals surface area contributed by atoms with Gasteiger partial charge in [0.15, 0.2) is 0 Å². The lowest BCUT2D eigenvalue weighted by Gasteiger charge is -2.36. The third-order valence-electron chi connectivity index (χ3n) is 7.36. The highest BCUT2D eigenvalue weighted by molar-refractivity contribution is 6.34. The Balaban J connectivity index is 1.24. The topological polar surface area (TPSA) is 90.0 Å². The van der Waals surface area contributed by atoms with Gasteiger partial charge in [-0.25, -0.2) is 0 Å². The number of amides is 3. The Bertz CT molecular complexity index is 1150. The van der Waals surface area contributed by atoms with Crippen LogP contribution in [0.15, 0.2) is 42.5 Å².